The van der Waals surface area contributed by atoms with Crippen molar-refractivity contribution in [2.24, 2.45) is 0 Å². The van der Waals surface area contributed by atoms with Crippen LogP contribution in [-0.4, -0.2) is 16.1 Å². The Kier molecular flexibility index (Phi) is 2.09. The van der Waals surface area contributed by atoms with Gasteiger partial charge >= 0.3 is 0 Å². The van der Waals surface area contributed by atoms with Crippen LogP contribution in [0.5, 0.6) is 0 Å². The van der Waals surface area contributed by atoms with Crippen molar-refractivity contribution < 1.29 is 5.11 Å². The largest absolute Gasteiger partial charge is 0.389 e. The van der Waals surface area contributed by atoms with Crippen molar-refractivity contribution in [1.29, 1.82) is 0 Å². The van der Waals surface area contributed by atoms with E-state index in [0.29, 0.717) is 0 Å². The fourth-order valence-electron chi connectivity index (χ4n) is 0. The monoisotopic (exact) mass is 122 g/mol. The summed E-state index contributed by atoms with van der Waals surface area (Å²) >= 11 is 5.50. The summed E-state index contributed by atoms with van der Waals surface area (Å²) in [4.78, 5) is 0. The number of hydrogen-bond donors (Lipinski definition) is 1. The minimum Gasteiger partial charge on any atom is -0.389 e. The van der Waals surface area contributed by atoms with E-state index in [0.717, 1.165) is 0 Å². The molecule has 0 heterocycles. The van der Waals surface area contributed by atoms with Gasteiger partial charge in [0, 0.05) is 0 Å². The lowest BCUT2D eigenvalue weighted by Gasteiger charge is -2.18. The van der Waals surface area contributed by atoms with Gasteiger partial charge in [0.2, 0.25) is 0 Å². The van der Waals surface area contributed by atoms with Crippen LogP contribution in [-0.2, 0) is 0 Å². The lowest BCUT2D eigenvalue weighted by atomic mass is 10.1. The van der Waals surface area contributed by atoms with Gasteiger partial charge in [-0.2, -0.15) is 0 Å². The zero-order valence-corrected chi connectivity index (χ0v) is 5.66. The van der Waals surface area contributed by atoms with Crippen LogP contribution in [0.2, 0.25) is 0 Å². The molecule has 0 aliphatic heterocycles. The van der Waals surface area contributed by atoms with E-state index in [-0.39, 0.29) is 5.38 Å². The highest BCUT2D eigenvalue weighted by Gasteiger charge is 2.18. The van der Waals surface area contributed by atoms with Crippen LogP contribution in [0, 0.1) is 0 Å². The Hall–Kier alpha value is 0.250. The summed E-state index contributed by atoms with van der Waals surface area (Å²) in [5, 5.41) is 8.79. The zero-order valence-electron chi connectivity index (χ0n) is 4.90. The summed E-state index contributed by atoms with van der Waals surface area (Å²) in [5.74, 6) is 0. The van der Waals surface area contributed by atoms with Gasteiger partial charge in [0.1, 0.15) is 0 Å². The third-order valence-corrected chi connectivity index (χ3v) is 1.51. The summed E-state index contributed by atoms with van der Waals surface area (Å²) < 4.78 is 0. The number of aliphatic hydroxyl groups is 1. The predicted octanol–water partition coefficient (Wildman–Crippen LogP) is 1.38. The molecule has 0 aromatic carbocycles. The Balaban J connectivity index is 3.54. The van der Waals surface area contributed by atoms with Crippen LogP contribution in [0.25, 0.3) is 0 Å². The highest BCUT2D eigenvalue weighted by Crippen LogP contribution is 2.12. The highest BCUT2D eigenvalue weighted by atomic mass is 35.5. The van der Waals surface area contributed by atoms with Crippen LogP contribution in [0.1, 0.15) is 20.8 Å². The molecule has 0 amide bonds. The molecule has 0 fully saturated rings. The maximum absolute atomic E-state index is 8.96. The van der Waals surface area contributed by atoms with Gasteiger partial charge in [0.15, 0.2) is 0 Å². The Morgan fingerprint density at radius 1 is 1.57 bits per heavy atom. The van der Waals surface area contributed by atoms with E-state index in [2.05, 4.69) is 0 Å². The molecule has 44 valence electrons. The highest BCUT2D eigenvalue weighted by molar-refractivity contribution is 6.21. The summed E-state index contributed by atoms with van der Waals surface area (Å²) in [7, 11) is 0. The van der Waals surface area contributed by atoms with Gasteiger partial charge in [-0.3, -0.25) is 0 Å². The van der Waals surface area contributed by atoms with Crippen LogP contribution >= 0.6 is 11.6 Å². The molecule has 0 aromatic heterocycles. The van der Waals surface area contributed by atoms with E-state index in [1.54, 1.807) is 20.8 Å². The van der Waals surface area contributed by atoms with Gasteiger partial charge in [-0.25, -0.2) is 0 Å². The van der Waals surface area contributed by atoms with Crippen LogP contribution in [0.15, 0.2) is 0 Å². The number of alkyl halides is 1. The van der Waals surface area contributed by atoms with Gasteiger partial charge < -0.3 is 5.11 Å². The lowest BCUT2D eigenvalue weighted by Crippen LogP contribution is -2.28. The molecule has 2 heteroatoms. The van der Waals surface area contributed by atoms with Gasteiger partial charge in [-0.1, -0.05) is 0 Å². The first kappa shape index (κ1) is 7.25. The topological polar surface area (TPSA) is 20.2 Å². The van der Waals surface area contributed by atoms with Crippen molar-refractivity contribution >= 4 is 11.6 Å². The molecule has 0 saturated heterocycles. The van der Waals surface area contributed by atoms with Crippen molar-refractivity contribution in [2.45, 2.75) is 31.7 Å². The molecule has 0 aliphatic rings. The number of hydrogen-bond acceptors (Lipinski definition) is 1. The van der Waals surface area contributed by atoms with Gasteiger partial charge in [-0.15, -0.1) is 11.6 Å². The van der Waals surface area contributed by atoms with E-state index >= 15 is 0 Å². The third-order valence-electron chi connectivity index (χ3n) is 0.973. The van der Waals surface area contributed by atoms with Gasteiger partial charge in [-0.05, 0) is 20.8 Å². The molecule has 0 rings (SSSR count). The lowest BCUT2D eigenvalue weighted by molar-refractivity contribution is 0.0803. The predicted molar refractivity (Wildman–Crippen MR) is 31.6 cm³/mol. The van der Waals surface area contributed by atoms with E-state index < -0.39 is 5.60 Å². The van der Waals surface area contributed by atoms with Crippen LogP contribution in [0.4, 0.5) is 0 Å². The van der Waals surface area contributed by atoms with E-state index in [1.807, 2.05) is 0 Å². The van der Waals surface area contributed by atoms with E-state index in [4.69, 9.17) is 16.7 Å². The molecule has 0 saturated carbocycles. The van der Waals surface area contributed by atoms with Gasteiger partial charge in [0.25, 0.3) is 0 Å². The van der Waals surface area contributed by atoms with Crippen LogP contribution in [0.3, 0.4) is 0 Å². The standard InChI is InChI=1S/C5H11ClO/c1-4(6)5(2,3)7/h4,7H,1-3H3/t4-/m0/s1. The zero-order chi connectivity index (χ0) is 6.08. The SMILES string of the molecule is C[C@H](Cl)C(C)(C)O. The minimum atomic E-state index is -0.735. The van der Waals surface area contributed by atoms with Crippen molar-refractivity contribution in [3.63, 3.8) is 0 Å². The van der Waals surface area contributed by atoms with Gasteiger partial charge in [0.05, 0.1) is 11.0 Å². The fourth-order valence-corrected chi connectivity index (χ4v) is 0. The maximum atomic E-state index is 8.96. The van der Waals surface area contributed by atoms with Crippen LogP contribution < -0.4 is 0 Å². The Labute approximate surface area is 49.3 Å². The first-order chi connectivity index (χ1) is 2.94. The second kappa shape index (κ2) is 2.01. The second-order valence-electron chi connectivity index (χ2n) is 2.27. The number of halogens is 1. The van der Waals surface area contributed by atoms with Crippen molar-refractivity contribution in [2.75, 3.05) is 0 Å². The molecule has 1 nitrogen and oxygen atoms in total. The summed E-state index contributed by atoms with van der Waals surface area (Å²) in [6.07, 6.45) is 0. The van der Waals surface area contributed by atoms with E-state index in [9.17, 15) is 0 Å². The van der Waals surface area contributed by atoms with E-state index in [1.165, 1.54) is 0 Å². The summed E-state index contributed by atoms with van der Waals surface area (Å²) in [5.41, 5.74) is -0.735. The molecule has 1 atom stereocenters. The molecule has 0 bridgehead atoms. The smallest absolute Gasteiger partial charge is 0.0751 e. The first-order valence-corrected chi connectivity index (χ1v) is 2.74. The maximum Gasteiger partial charge on any atom is 0.0751 e. The first-order valence-electron chi connectivity index (χ1n) is 2.31. The molecule has 0 aliphatic carbocycles. The Morgan fingerprint density at radius 3 is 1.71 bits per heavy atom. The molecule has 0 unspecified atom stereocenters. The molecular weight excluding hydrogens is 112 g/mol. The number of rotatable bonds is 1. The molecule has 1 N–H and O–H groups in total. The molecular formula is C5H11ClO. The fraction of sp³-hybridized carbons (Fsp3) is 1.00. The molecule has 0 spiro atoms. The Morgan fingerprint density at radius 2 is 1.71 bits per heavy atom. The molecule has 0 radical (unpaired) electrons. The van der Waals surface area contributed by atoms with Crippen molar-refractivity contribution in [3.8, 4) is 0 Å². The quantitative estimate of drug-likeness (QED) is 0.521. The normalized spacial score (nSPS) is 16.7. The average Bonchev–Trinajstić information content (AvgIpc) is 1.31. The van der Waals surface area contributed by atoms with Crippen molar-refractivity contribution in [3.05, 3.63) is 0 Å². The van der Waals surface area contributed by atoms with Crippen molar-refractivity contribution in [1.82, 2.24) is 0 Å². The molecule has 7 heavy (non-hydrogen) atoms. The Bertz CT molecular complexity index is 53.6. The third kappa shape index (κ3) is 2.89. The second-order valence-corrected chi connectivity index (χ2v) is 2.92. The summed E-state index contributed by atoms with van der Waals surface area (Å²) in [6.45, 7) is 5.14. The minimum absolute atomic E-state index is 0.174. The molecule has 0 aromatic rings. The average molecular weight is 123 g/mol. The summed E-state index contributed by atoms with van der Waals surface area (Å²) in [6, 6.07) is 0.